The fourth-order valence-electron chi connectivity index (χ4n) is 3.21. The van der Waals surface area contributed by atoms with E-state index in [1.165, 1.54) is 6.42 Å². The molecule has 1 aliphatic rings. The molecule has 1 saturated carbocycles. The van der Waals surface area contributed by atoms with Crippen molar-refractivity contribution in [3.63, 3.8) is 0 Å². The van der Waals surface area contributed by atoms with Crippen LogP contribution in [-0.2, 0) is 16.4 Å². The SMILES string of the molecule is Cc1cc(Cc2ccc(S(=O)(=O)NC3CCCCC3)cc2)c(=O)[nH]n1. The second-order valence-electron chi connectivity index (χ2n) is 6.64. The van der Waals surface area contributed by atoms with Crippen LogP contribution in [0.3, 0.4) is 0 Å². The number of aryl methyl sites for hydroxylation is 1. The molecule has 0 unspecified atom stereocenters. The molecule has 7 heteroatoms. The van der Waals surface area contributed by atoms with Crippen molar-refractivity contribution in [3.05, 3.63) is 57.5 Å². The Balaban J connectivity index is 1.73. The summed E-state index contributed by atoms with van der Waals surface area (Å²) < 4.78 is 27.8. The molecule has 0 saturated heterocycles. The van der Waals surface area contributed by atoms with Gasteiger partial charge in [0, 0.05) is 18.0 Å². The van der Waals surface area contributed by atoms with Crippen molar-refractivity contribution in [2.45, 2.75) is 56.4 Å². The van der Waals surface area contributed by atoms with Crippen molar-refractivity contribution in [2.24, 2.45) is 0 Å². The van der Waals surface area contributed by atoms with E-state index >= 15 is 0 Å². The van der Waals surface area contributed by atoms with Gasteiger partial charge in [0.15, 0.2) is 0 Å². The highest BCUT2D eigenvalue weighted by molar-refractivity contribution is 7.89. The molecule has 2 aromatic rings. The second-order valence-corrected chi connectivity index (χ2v) is 8.35. The maximum atomic E-state index is 12.5. The summed E-state index contributed by atoms with van der Waals surface area (Å²) >= 11 is 0. The molecule has 3 rings (SSSR count). The number of H-pyrrole nitrogens is 1. The summed E-state index contributed by atoms with van der Waals surface area (Å²) in [6.45, 7) is 1.81. The summed E-state index contributed by atoms with van der Waals surface area (Å²) in [5.74, 6) is 0. The molecular weight excluding hydrogens is 338 g/mol. The highest BCUT2D eigenvalue weighted by Gasteiger charge is 2.21. The average Bonchev–Trinajstić information content (AvgIpc) is 2.59. The van der Waals surface area contributed by atoms with Gasteiger partial charge >= 0.3 is 0 Å². The fourth-order valence-corrected chi connectivity index (χ4v) is 4.51. The third-order valence-electron chi connectivity index (χ3n) is 4.56. The zero-order chi connectivity index (χ0) is 17.9. The van der Waals surface area contributed by atoms with Gasteiger partial charge in [-0.2, -0.15) is 5.10 Å². The van der Waals surface area contributed by atoms with Crippen LogP contribution >= 0.6 is 0 Å². The smallest absolute Gasteiger partial charge is 0.267 e. The van der Waals surface area contributed by atoms with Crippen LogP contribution in [0.2, 0.25) is 0 Å². The average molecular weight is 361 g/mol. The molecule has 1 aliphatic carbocycles. The number of nitrogens with zero attached hydrogens (tertiary/aromatic N) is 1. The van der Waals surface area contributed by atoms with Gasteiger partial charge in [0.05, 0.1) is 10.6 Å². The van der Waals surface area contributed by atoms with E-state index < -0.39 is 10.0 Å². The van der Waals surface area contributed by atoms with Crippen LogP contribution in [0, 0.1) is 6.92 Å². The van der Waals surface area contributed by atoms with Gasteiger partial charge in [-0.25, -0.2) is 18.2 Å². The Morgan fingerprint density at radius 3 is 2.52 bits per heavy atom. The Hall–Kier alpha value is -1.99. The first-order chi connectivity index (χ1) is 11.9. The summed E-state index contributed by atoms with van der Waals surface area (Å²) in [6, 6.07) is 8.49. The van der Waals surface area contributed by atoms with E-state index in [1.807, 2.05) is 6.92 Å². The summed E-state index contributed by atoms with van der Waals surface area (Å²) in [7, 11) is -3.49. The molecule has 0 atom stereocenters. The van der Waals surface area contributed by atoms with Crippen molar-refractivity contribution >= 4 is 10.0 Å². The molecule has 134 valence electrons. The van der Waals surface area contributed by atoms with Gasteiger partial charge in [-0.3, -0.25) is 4.79 Å². The molecule has 1 aromatic heterocycles. The number of aromatic amines is 1. The minimum atomic E-state index is -3.49. The summed E-state index contributed by atoms with van der Waals surface area (Å²) in [6.07, 6.45) is 5.58. The van der Waals surface area contributed by atoms with Crippen molar-refractivity contribution in [3.8, 4) is 0 Å². The van der Waals surface area contributed by atoms with Crippen molar-refractivity contribution in [1.82, 2.24) is 14.9 Å². The minimum Gasteiger partial charge on any atom is -0.268 e. The normalized spacial score (nSPS) is 16.0. The molecule has 25 heavy (non-hydrogen) atoms. The molecule has 6 nitrogen and oxygen atoms in total. The van der Waals surface area contributed by atoms with Crippen LogP contribution in [0.5, 0.6) is 0 Å². The van der Waals surface area contributed by atoms with Crippen LogP contribution in [0.15, 0.2) is 40.0 Å². The lowest BCUT2D eigenvalue weighted by atomic mass is 9.96. The quantitative estimate of drug-likeness (QED) is 0.855. The second kappa shape index (κ2) is 7.49. The first-order valence-corrected chi connectivity index (χ1v) is 10.1. The van der Waals surface area contributed by atoms with Gasteiger partial charge in [0.25, 0.3) is 5.56 Å². The van der Waals surface area contributed by atoms with E-state index in [2.05, 4.69) is 14.9 Å². The summed E-state index contributed by atoms with van der Waals surface area (Å²) in [4.78, 5) is 12.1. The Morgan fingerprint density at radius 1 is 1.16 bits per heavy atom. The standard InChI is InChI=1S/C18H23N3O3S/c1-13-11-15(18(22)20-19-13)12-14-7-9-17(10-8-14)25(23,24)21-16-5-3-2-4-6-16/h7-11,16,21H,2-6,12H2,1H3,(H,20,22). The van der Waals surface area contributed by atoms with Crippen LogP contribution in [-0.4, -0.2) is 24.7 Å². The van der Waals surface area contributed by atoms with Crippen LogP contribution in [0.4, 0.5) is 0 Å². The van der Waals surface area contributed by atoms with Crippen molar-refractivity contribution in [1.29, 1.82) is 0 Å². The van der Waals surface area contributed by atoms with E-state index in [0.29, 0.717) is 12.0 Å². The number of sulfonamides is 1. The van der Waals surface area contributed by atoms with Gasteiger partial charge in [-0.05, 0) is 43.5 Å². The molecule has 0 aliphatic heterocycles. The summed E-state index contributed by atoms with van der Waals surface area (Å²) in [5, 5.41) is 6.32. The van der Waals surface area contributed by atoms with E-state index in [-0.39, 0.29) is 16.5 Å². The van der Waals surface area contributed by atoms with Crippen LogP contribution < -0.4 is 10.3 Å². The monoisotopic (exact) mass is 361 g/mol. The lowest BCUT2D eigenvalue weighted by molar-refractivity contribution is 0.412. The third-order valence-corrected chi connectivity index (χ3v) is 6.10. The zero-order valence-electron chi connectivity index (χ0n) is 14.3. The maximum absolute atomic E-state index is 12.5. The summed E-state index contributed by atoms with van der Waals surface area (Å²) in [5.41, 5.74) is 2.02. The molecule has 1 heterocycles. The first-order valence-electron chi connectivity index (χ1n) is 8.60. The van der Waals surface area contributed by atoms with E-state index in [0.717, 1.165) is 36.9 Å². The highest BCUT2D eigenvalue weighted by atomic mass is 32.2. The molecule has 0 radical (unpaired) electrons. The first kappa shape index (κ1) is 17.8. The predicted octanol–water partition coefficient (Wildman–Crippen LogP) is 2.28. The molecular formula is C18H23N3O3S. The molecule has 1 fully saturated rings. The minimum absolute atomic E-state index is 0.0387. The Morgan fingerprint density at radius 2 is 1.84 bits per heavy atom. The Bertz CT molecular complexity index is 883. The molecule has 0 bridgehead atoms. The fraction of sp³-hybridized carbons (Fsp3) is 0.444. The largest absolute Gasteiger partial charge is 0.268 e. The van der Waals surface area contributed by atoms with E-state index in [9.17, 15) is 13.2 Å². The van der Waals surface area contributed by atoms with Crippen molar-refractivity contribution in [2.75, 3.05) is 0 Å². The number of benzene rings is 1. The number of hydrogen-bond donors (Lipinski definition) is 2. The van der Waals surface area contributed by atoms with E-state index in [4.69, 9.17) is 0 Å². The highest BCUT2D eigenvalue weighted by Crippen LogP contribution is 2.20. The lowest BCUT2D eigenvalue weighted by Crippen LogP contribution is -2.36. The Kier molecular flexibility index (Phi) is 5.34. The van der Waals surface area contributed by atoms with Crippen LogP contribution in [0.25, 0.3) is 0 Å². The van der Waals surface area contributed by atoms with E-state index in [1.54, 1.807) is 30.3 Å². The van der Waals surface area contributed by atoms with Crippen LogP contribution in [0.1, 0.15) is 48.9 Å². The van der Waals surface area contributed by atoms with Gasteiger partial charge in [0.1, 0.15) is 0 Å². The van der Waals surface area contributed by atoms with Gasteiger partial charge in [0.2, 0.25) is 10.0 Å². The Labute approximate surface area is 147 Å². The van der Waals surface area contributed by atoms with Gasteiger partial charge < -0.3 is 0 Å². The number of aromatic nitrogens is 2. The molecule has 0 spiro atoms. The molecule has 1 aromatic carbocycles. The number of hydrogen-bond acceptors (Lipinski definition) is 4. The topological polar surface area (TPSA) is 91.9 Å². The molecule has 0 amide bonds. The maximum Gasteiger partial charge on any atom is 0.267 e. The number of nitrogens with one attached hydrogen (secondary N) is 2. The molecule has 2 N–H and O–H groups in total. The third kappa shape index (κ3) is 4.55. The van der Waals surface area contributed by atoms with Gasteiger partial charge in [-0.15, -0.1) is 0 Å². The van der Waals surface area contributed by atoms with Crippen molar-refractivity contribution < 1.29 is 8.42 Å². The zero-order valence-corrected chi connectivity index (χ0v) is 15.1. The number of rotatable bonds is 5. The predicted molar refractivity (Wildman–Crippen MR) is 96.0 cm³/mol. The lowest BCUT2D eigenvalue weighted by Gasteiger charge is -2.22. The van der Waals surface area contributed by atoms with Gasteiger partial charge in [-0.1, -0.05) is 31.4 Å².